The molecule has 164 valence electrons. The van der Waals surface area contributed by atoms with Gasteiger partial charge >= 0.3 is 0 Å². The fourth-order valence-electron chi connectivity index (χ4n) is 4.87. The summed E-state index contributed by atoms with van der Waals surface area (Å²) in [6.07, 6.45) is 0.670. The van der Waals surface area contributed by atoms with Gasteiger partial charge in [0.25, 0.3) is 0 Å². The molecule has 4 nitrogen and oxygen atoms in total. The molecule has 2 aliphatic heterocycles. The summed E-state index contributed by atoms with van der Waals surface area (Å²) in [4.78, 5) is 17.9. The van der Waals surface area contributed by atoms with Crippen LogP contribution in [0.15, 0.2) is 72.8 Å². The van der Waals surface area contributed by atoms with Crippen LogP contribution in [0.25, 0.3) is 0 Å². The average Bonchev–Trinajstić information content (AvgIpc) is 2.83. The van der Waals surface area contributed by atoms with Gasteiger partial charge in [0.15, 0.2) is 0 Å². The standard InChI is InChI=1S/C26H25F2N3O/c27-20-7-5-18(6-8-20)16-29-26(32)23-15-19-3-1-2-4-24(19)31-14-13-30(17-25(23)31)22-11-9-21(28)10-12-22/h1-12,23,25H,13-17H2,(H,29,32)/t23-,25-/m0/s1. The first-order valence-electron chi connectivity index (χ1n) is 11.0. The van der Waals surface area contributed by atoms with Crippen LogP contribution in [-0.2, 0) is 17.8 Å². The summed E-state index contributed by atoms with van der Waals surface area (Å²) in [5, 5.41) is 3.06. The van der Waals surface area contributed by atoms with Crippen molar-refractivity contribution in [3.63, 3.8) is 0 Å². The fourth-order valence-corrected chi connectivity index (χ4v) is 4.87. The topological polar surface area (TPSA) is 35.6 Å². The Bertz CT molecular complexity index is 1100. The number of piperazine rings is 1. The normalized spacial score (nSPS) is 19.8. The molecule has 1 N–H and O–H groups in total. The van der Waals surface area contributed by atoms with Crippen molar-refractivity contribution >= 4 is 17.3 Å². The molecule has 3 aromatic carbocycles. The Morgan fingerprint density at radius 3 is 2.34 bits per heavy atom. The lowest BCUT2D eigenvalue weighted by atomic mass is 9.83. The van der Waals surface area contributed by atoms with Gasteiger partial charge in [0, 0.05) is 37.6 Å². The van der Waals surface area contributed by atoms with E-state index in [0.717, 1.165) is 24.3 Å². The number of carbonyl (C=O) groups is 1. The van der Waals surface area contributed by atoms with Crippen LogP contribution in [-0.4, -0.2) is 31.6 Å². The Morgan fingerprint density at radius 2 is 1.59 bits per heavy atom. The van der Waals surface area contributed by atoms with Crippen molar-refractivity contribution in [3.05, 3.63) is 95.6 Å². The molecule has 2 atom stereocenters. The lowest BCUT2D eigenvalue weighted by molar-refractivity contribution is -0.126. The molecule has 32 heavy (non-hydrogen) atoms. The number of hydrogen-bond donors (Lipinski definition) is 1. The van der Waals surface area contributed by atoms with Crippen LogP contribution in [0, 0.1) is 17.6 Å². The quantitative estimate of drug-likeness (QED) is 0.672. The number of halogens is 2. The van der Waals surface area contributed by atoms with Crippen LogP contribution in [0.2, 0.25) is 0 Å². The second-order valence-corrected chi connectivity index (χ2v) is 8.47. The number of nitrogens with zero attached hydrogens (tertiary/aromatic N) is 2. The van der Waals surface area contributed by atoms with Crippen LogP contribution >= 0.6 is 0 Å². The third-order valence-electron chi connectivity index (χ3n) is 6.53. The van der Waals surface area contributed by atoms with E-state index in [1.807, 2.05) is 12.1 Å². The molecule has 0 aliphatic carbocycles. The van der Waals surface area contributed by atoms with Crippen molar-refractivity contribution in [1.82, 2.24) is 5.32 Å². The number of para-hydroxylation sites is 1. The van der Waals surface area contributed by atoms with Crippen LogP contribution in [0.4, 0.5) is 20.2 Å². The van der Waals surface area contributed by atoms with Gasteiger partial charge in [0.2, 0.25) is 5.91 Å². The van der Waals surface area contributed by atoms with Gasteiger partial charge < -0.3 is 15.1 Å². The molecule has 2 heterocycles. The Labute approximate surface area is 186 Å². The Balaban J connectivity index is 1.38. The maximum atomic E-state index is 13.4. The molecule has 5 rings (SSSR count). The van der Waals surface area contributed by atoms with Crippen molar-refractivity contribution in [2.45, 2.75) is 19.0 Å². The van der Waals surface area contributed by atoms with E-state index < -0.39 is 0 Å². The molecule has 0 aromatic heterocycles. The van der Waals surface area contributed by atoms with Gasteiger partial charge in [0.05, 0.1) is 12.0 Å². The van der Waals surface area contributed by atoms with E-state index in [9.17, 15) is 13.6 Å². The van der Waals surface area contributed by atoms with E-state index in [-0.39, 0.29) is 29.5 Å². The third-order valence-corrected chi connectivity index (χ3v) is 6.53. The molecule has 0 spiro atoms. The average molecular weight is 434 g/mol. The maximum Gasteiger partial charge on any atom is 0.225 e. The SMILES string of the molecule is O=C(NCc1ccc(F)cc1)[C@H]1Cc2ccccc2N2CCN(c3ccc(F)cc3)C[C@@H]12. The minimum absolute atomic E-state index is 0.000200. The van der Waals surface area contributed by atoms with E-state index >= 15 is 0 Å². The number of amides is 1. The summed E-state index contributed by atoms with van der Waals surface area (Å²) >= 11 is 0. The monoisotopic (exact) mass is 433 g/mol. The van der Waals surface area contributed by atoms with Crippen molar-refractivity contribution in [2.75, 3.05) is 29.4 Å². The molecule has 0 bridgehead atoms. The fraction of sp³-hybridized carbons (Fsp3) is 0.269. The minimum Gasteiger partial charge on any atom is -0.368 e. The molecule has 0 radical (unpaired) electrons. The van der Waals surface area contributed by atoms with E-state index in [1.54, 1.807) is 24.3 Å². The maximum absolute atomic E-state index is 13.4. The summed E-state index contributed by atoms with van der Waals surface area (Å²) in [5.41, 5.74) is 4.21. The Kier molecular flexibility index (Phi) is 5.52. The van der Waals surface area contributed by atoms with Gasteiger partial charge in [-0.1, -0.05) is 30.3 Å². The van der Waals surface area contributed by atoms with Crippen molar-refractivity contribution in [1.29, 1.82) is 0 Å². The summed E-state index contributed by atoms with van der Waals surface area (Å²) in [5.74, 6) is -0.756. The first-order valence-corrected chi connectivity index (χ1v) is 11.0. The first-order chi connectivity index (χ1) is 15.6. The molecular weight excluding hydrogens is 408 g/mol. The van der Waals surface area contributed by atoms with Gasteiger partial charge in [-0.3, -0.25) is 4.79 Å². The van der Waals surface area contributed by atoms with Crippen LogP contribution in [0.5, 0.6) is 0 Å². The zero-order valence-corrected chi connectivity index (χ0v) is 17.7. The smallest absolute Gasteiger partial charge is 0.225 e. The lowest BCUT2D eigenvalue weighted by Gasteiger charge is -2.49. The zero-order chi connectivity index (χ0) is 22.1. The van der Waals surface area contributed by atoms with Crippen LogP contribution < -0.4 is 15.1 Å². The number of carbonyl (C=O) groups excluding carboxylic acids is 1. The van der Waals surface area contributed by atoms with Crippen LogP contribution in [0.3, 0.4) is 0 Å². The Morgan fingerprint density at radius 1 is 0.906 bits per heavy atom. The van der Waals surface area contributed by atoms with Crippen molar-refractivity contribution in [3.8, 4) is 0 Å². The summed E-state index contributed by atoms with van der Waals surface area (Å²) in [6.45, 7) is 2.65. The molecule has 1 saturated heterocycles. The second-order valence-electron chi connectivity index (χ2n) is 8.47. The number of nitrogens with one attached hydrogen (secondary N) is 1. The van der Waals surface area contributed by atoms with E-state index in [4.69, 9.17) is 0 Å². The molecule has 0 saturated carbocycles. The summed E-state index contributed by atoms with van der Waals surface area (Å²) < 4.78 is 26.6. The Hall–Kier alpha value is -3.41. The number of hydrogen-bond acceptors (Lipinski definition) is 3. The van der Waals surface area contributed by atoms with Crippen molar-refractivity contribution in [2.24, 2.45) is 5.92 Å². The molecule has 2 aliphatic rings. The molecule has 1 fully saturated rings. The highest BCUT2D eigenvalue weighted by atomic mass is 19.1. The number of anilines is 2. The molecule has 0 unspecified atom stereocenters. The molecule has 3 aromatic rings. The number of rotatable bonds is 4. The van der Waals surface area contributed by atoms with Crippen LogP contribution in [0.1, 0.15) is 11.1 Å². The summed E-state index contributed by atoms with van der Waals surface area (Å²) in [6, 6.07) is 21.0. The predicted molar refractivity (Wildman–Crippen MR) is 122 cm³/mol. The van der Waals surface area contributed by atoms with Crippen molar-refractivity contribution < 1.29 is 13.6 Å². The number of benzene rings is 3. The first kappa shape index (κ1) is 20.5. The van der Waals surface area contributed by atoms with Gasteiger partial charge in [-0.05, 0) is 60.0 Å². The second kappa shape index (κ2) is 8.61. The minimum atomic E-state index is -0.289. The van der Waals surface area contributed by atoms with Gasteiger partial charge in [-0.15, -0.1) is 0 Å². The van der Waals surface area contributed by atoms with E-state index in [0.29, 0.717) is 19.5 Å². The highest BCUT2D eigenvalue weighted by molar-refractivity contribution is 5.82. The predicted octanol–water partition coefficient (Wildman–Crippen LogP) is 4.15. The molecular formula is C26H25F2N3O. The van der Waals surface area contributed by atoms with E-state index in [1.165, 1.54) is 35.5 Å². The lowest BCUT2D eigenvalue weighted by Crippen LogP contribution is -2.61. The summed E-state index contributed by atoms with van der Waals surface area (Å²) in [7, 11) is 0. The number of fused-ring (bicyclic) bond motifs is 3. The highest BCUT2D eigenvalue weighted by Crippen LogP contribution is 2.37. The molecule has 6 heteroatoms. The highest BCUT2D eigenvalue weighted by Gasteiger charge is 2.41. The third kappa shape index (κ3) is 4.05. The van der Waals surface area contributed by atoms with Gasteiger partial charge in [0.1, 0.15) is 11.6 Å². The van der Waals surface area contributed by atoms with Gasteiger partial charge in [-0.2, -0.15) is 0 Å². The largest absolute Gasteiger partial charge is 0.368 e. The van der Waals surface area contributed by atoms with E-state index in [2.05, 4.69) is 27.2 Å². The molecule has 1 amide bonds. The zero-order valence-electron chi connectivity index (χ0n) is 17.7. The van der Waals surface area contributed by atoms with Gasteiger partial charge in [-0.25, -0.2) is 8.78 Å².